The van der Waals surface area contributed by atoms with Crippen LogP contribution in [0.2, 0.25) is 0 Å². The van der Waals surface area contributed by atoms with Crippen LogP contribution in [0.4, 0.5) is 10.5 Å². The second-order valence-electron chi connectivity index (χ2n) is 6.08. The molecule has 0 aromatic heterocycles. The Morgan fingerprint density at radius 3 is 2.52 bits per heavy atom. The fraction of sp³-hybridized carbons (Fsp3) is 0.529. The number of hydrogen-bond acceptors (Lipinski definition) is 4. The first kappa shape index (κ1) is 17.3. The summed E-state index contributed by atoms with van der Waals surface area (Å²) < 4.78 is 5.73. The summed E-state index contributed by atoms with van der Waals surface area (Å²) in [4.78, 5) is 14.3. The molecule has 23 heavy (non-hydrogen) atoms. The molecule has 2 amide bonds. The van der Waals surface area contributed by atoms with Gasteiger partial charge in [-0.15, -0.1) is 0 Å². The molecule has 1 heterocycles. The number of carbonyl (C=O) groups excluding carboxylic acids is 1. The molecule has 3 atom stereocenters. The molecule has 0 unspecified atom stereocenters. The zero-order valence-corrected chi connectivity index (χ0v) is 13.9. The van der Waals surface area contributed by atoms with Gasteiger partial charge in [0, 0.05) is 31.4 Å². The van der Waals surface area contributed by atoms with Crippen LogP contribution >= 0.6 is 0 Å². The summed E-state index contributed by atoms with van der Waals surface area (Å²) in [7, 11) is 0. The second-order valence-corrected chi connectivity index (χ2v) is 6.08. The zero-order chi connectivity index (χ0) is 16.8. The maximum absolute atomic E-state index is 12.0. The molecule has 1 aromatic rings. The maximum atomic E-state index is 12.0. The standard InChI is InChI=1S/C17H24N4O2/c1-12(21-10-13(2)23-14(3)11-21)9-19-17(22)20-16-6-4-15(8-18)5-7-16/h4-7,12-14H,9-11H2,1-3H3,(H2,19,20,22)/t12-,13+,14+/m0/s1. The van der Waals surface area contributed by atoms with Gasteiger partial charge >= 0.3 is 6.03 Å². The number of benzene rings is 1. The van der Waals surface area contributed by atoms with Crippen molar-refractivity contribution in [1.29, 1.82) is 5.26 Å². The summed E-state index contributed by atoms with van der Waals surface area (Å²) in [5.41, 5.74) is 1.24. The highest BCUT2D eigenvalue weighted by Crippen LogP contribution is 2.13. The van der Waals surface area contributed by atoms with E-state index in [4.69, 9.17) is 10.00 Å². The Kier molecular flexibility index (Phi) is 5.97. The third-order valence-electron chi connectivity index (χ3n) is 3.90. The molecule has 6 nitrogen and oxygen atoms in total. The predicted molar refractivity (Wildman–Crippen MR) is 89.2 cm³/mol. The number of hydrogen-bond donors (Lipinski definition) is 2. The third-order valence-corrected chi connectivity index (χ3v) is 3.90. The van der Waals surface area contributed by atoms with Gasteiger partial charge in [-0.25, -0.2) is 4.79 Å². The average Bonchev–Trinajstić information content (AvgIpc) is 2.52. The summed E-state index contributed by atoms with van der Waals surface area (Å²) in [6.07, 6.45) is 0.433. The predicted octanol–water partition coefficient (Wildman–Crippen LogP) is 2.18. The first-order valence-corrected chi connectivity index (χ1v) is 7.92. The normalized spacial score (nSPS) is 22.9. The smallest absolute Gasteiger partial charge is 0.319 e. The Labute approximate surface area is 137 Å². The van der Waals surface area contributed by atoms with E-state index in [2.05, 4.69) is 36.3 Å². The number of ether oxygens (including phenoxy) is 1. The van der Waals surface area contributed by atoms with E-state index < -0.39 is 0 Å². The van der Waals surface area contributed by atoms with Gasteiger partial charge in [0.05, 0.1) is 23.8 Å². The number of nitrogens with one attached hydrogen (secondary N) is 2. The van der Waals surface area contributed by atoms with Crippen molar-refractivity contribution in [2.45, 2.75) is 39.0 Å². The molecule has 1 saturated heterocycles. The van der Waals surface area contributed by atoms with E-state index in [1.807, 2.05) is 6.07 Å². The molecular formula is C17H24N4O2. The highest BCUT2D eigenvalue weighted by Gasteiger charge is 2.25. The molecule has 1 aliphatic heterocycles. The number of amides is 2. The van der Waals surface area contributed by atoms with Crippen molar-refractivity contribution in [3.63, 3.8) is 0 Å². The van der Waals surface area contributed by atoms with E-state index in [1.54, 1.807) is 24.3 Å². The number of rotatable bonds is 4. The maximum Gasteiger partial charge on any atom is 0.319 e. The Morgan fingerprint density at radius 2 is 1.96 bits per heavy atom. The first-order valence-electron chi connectivity index (χ1n) is 7.92. The first-order chi connectivity index (χ1) is 11.0. The molecular weight excluding hydrogens is 292 g/mol. The minimum Gasteiger partial charge on any atom is -0.373 e. The fourth-order valence-corrected chi connectivity index (χ4v) is 2.75. The van der Waals surface area contributed by atoms with Gasteiger partial charge in [0.1, 0.15) is 0 Å². The van der Waals surface area contributed by atoms with Crippen LogP contribution in [-0.4, -0.2) is 48.8 Å². The molecule has 0 aliphatic carbocycles. The quantitative estimate of drug-likeness (QED) is 0.892. The topological polar surface area (TPSA) is 77.4 Å². The van der Waals surface area contributed by atoms with Crippen molar-refractivity contribution >= 4 is 11.7 Å². The highest BCUT2D eigenvalue weighted by molar-refractivity contribution is 5.89. The van der Waals surface area contributed by atoms with E-state index in [0.29, 0.717) is 17.8 Å². The average molecular weight is 316 g/mol. The number of nitriles is 1. The summed E-state index contributed by atoms with van der Waals surface area (Å²) in [5.74, 6) is 0. The molecule has 0 saturated carbocycles. The van der Waals surface area contributed by atoms with Crippen LogP contribution in [-0.2, 0) is 4.74 Å². The zero-order valence-electron chi connectivity index (χ0n) is 13.9. The van der Waals surface area contributed by atoms with E-state index in [-0.39, 0.29) is 24.3 Å². The second kappa shape index (κ2) is 7.95. The van der Waals surface area contributed by atoms with Crippen molar-refractivity contribution in [2.24, 2.45) is 0 Å². The van der Waals surface area contributed by atoms with E-state index in [9.17, 15) is 4.79 Å². The lowest BCUT2D eigenvalue weighted by atomic mass is 10.2. The molecule has 0 spiro atoms. The van der Waals surface area contributed by atoms with Crippen LogP contribution in [0.1, 0.15) is 26.3 Å². The molecule has 2 rings (SSSR count). The van der Waals surface area contributed by atoms with Crippen molar-refractivity contribution in [1.82, 2.24) is 10.2 Å². The Morgan fingerprint density at radius 1 is 1.35 bits per heavy atom. The Bertz CT molecular complexity index is 557. The van der Waals surface area contributed by atoms with Crippen LogP contribution in [0.15, 0.2) is 24.3 Å². The number of carbonyl (C=O) groups is 1. The summed E-state index contributed by atoms with van der Waals surface area (Å²) in [6, 6.07) is 8.83. The van der Waals surface area contributed by atoms with Crippen LogP contribution in [0.3, 0.4) is 0 Å². The van der Waals surface area contributed by atoms with Gasteiger partial charge in [-0.2, -0.15) is 5.26 Å². The Hall–Kier alpha value is -2.10. The molecule has 1 aromatic carbocycles. The van der Waals surface area contributed by atoms with Crippen LogP contribution in [0, 0.1) is 11.3 Å². The molecule has 2 N–H and O–H groups in total. The molecule has 124 valence electrons. The summed E-state index contributed by atoms with van der Waals surface area (Å²) >= 11 is 0. The van der Waals surface area contributed by atoms with Gasteiger partial charge in [0.25, 0.3) is 0 Å². The number of nitrogens with zero attached hydrogens (tertiary/aromatic N) is 2. The molecule has 0 bridgehead atoms. The number of anilines is 1. The van der Waals surface area contributed by atoms with E-state index >= 15 is 0 Å². The lowest BCUT2D eigenvalue weighted by Crippen LogP contribution is -2.52. The minimum atomic E-state index is -0.240. The van der Waals surface area contributed by atoms with Crippen molar-refractivity contribution in [2.75, 3.05) is 25.0 Å². The lowest BCUT2D eigenvalue weighted by molar-refractivity contribution is -0.0777. The van der Waals surface area contributed by atoms with E-state index in [1.165, 1.54) is 0 Å². The minimum absolute atomic E-state index is 0.216. The van der Waals surface area contributed by atoms with Gasteiger partial charge in [-0.3, -0.25) is 4.90 Å². The summed E-state index contributed by atoms with van der Waals surface area (Å²) in [6.45, 7) is 8.57. The van der Waals surface area contributed by atoms with Crippen molar-refractivity contribution in [3.05, 3.63) is 29.8 Å². The highest BCUT2D eigenvalue weighted by atomic mass is 16.5. The SMILES string of the molecule is C[C@@H]1CN([C@@H](C)CNC(=O)Nc2ccc(C#N)cc2)C[C@@H](C)O1. The number of morpholine rings is 1. The van der Waals surface area contributed by atoms with Gasteiger partial charge in [0.2, 0.25) is 0 Å². The van der Waals surface area contributed by atoms with E-state index in [0.717, 1.165) is 13.1 Å². The van der Waals surface area contributed by atoms with Crippen LogP contribution in [0.5, 0.6) is 0 Å². The molecule has 0 radical (unpaired) electrons. The monoisotopic (exact) mass is 316 g/mol. The van der Waals surface area contributed by atoms with Gasteiger partial charge in [-0.05, 0) is 45.0 Å². The van der Waals surface area contributed by atoms with Crippen molar-refractivity contribution in [3.8, 4) is 6.07 Å². The largest absolute Gasteiger partial charge is 0.373 e. The molecule has 1 fully saturated rings. The van der Waals surface area contributed by atoms with Crippen LogP contribution < -0.4 is 10.6 Å². The van der Waals surface area contributed by atoms with Gasteiger partial charge in [0.15, 0.2) is 0 Å². The summed E-state index contributed by atoms with van der Waals surface area (Å²) in [5, 5.41) is 14.4. The fourth-order valence-electron chi connectivity index (χ4n) is 2.75. The third kappa shape index (κ3) is 5.23. The van der Waals surface area contributed by atoms with Crippen LogP contribution in [0.25, 0.3) is 0 Å². The number of urea groups is 1. The molecule has 1 aliphatic rings. The Balaban J connectivity index is 1.78. The lowest BCUT2D eigenvalue weighted by Gasteiger charge is -2.38. The molecule has 6 heteroatoms. The van der Waals surface area contributed by atoms with Crippen molar-refractivity contribution < 1.29 is 9.53 Å². The van der Waals surface area contributed by atoms with Gasteiger partial charge in [-0.1, -0.05) is 0 Å². The van der Waals surface area contributed by atoms with Gasteiger partial charge < -0.3 is 15.4 Å².